The molecular formula is C13H12N2O2S. The summed E-state index contributed by atoms with van der Waals surface area (Å²) in [4.78, 5) is 29.9. The van der Waals surface area contributed by atoms with E-state index in [0.717, 1.165) is 0 Å². The van der Waals surface area contributed by atoms with Gasteiger partial charge in [-0.3, -0.25) is 9.59 Å². The Hall–Kier alpha value is -1.88. The molecule has 0 unspecified atom stereocenters. The lowest BCUT2D eigenvalue weighted by atomic mass is 10.2. The maximum atomic E-state index is 11.8. The van der Waals surface area contributed by atoms with Crippen LogP contribution in [0.5, 0.6) is 0 Å². The summed E-state index contributed by atoms with van der Waals surface area (Å²) in [6, 6.07) is 9.05. The molecule has 0 saturated heterocycles. The van der Waals surface area contributed by atoms with Crippen LogP contribution in [0.1, 0.15) is 15.9 Å². The van der Waals surface area contributed by atoms with Crippen LogP contribution >= 0.6 is 11.8 Å². The zero-order valence-electron chi connectivity index (χ0n) is 9.84. The van der Waals surface area contributed by atoms with Gasteiger partial charge in [0.15, 0.2) is 10.9 Å². The molecule has 0 radical (unpaired) electrons. The van der Waals surface area contributed by atoms with E-state index in [1.165, 1.54) is 18.0 Å². The van der Waals surface area contributed by atoms with E-state index in [1.807, 2.05) is 18.2 Å². The third kappa shape index (κ3) is 3.07. The first-order valence-corrected chi connectivity index (χ1v) is 6.42. The van der Waals surface area contributed by atoms with Crippen LogP contribution in [0.25, 0.3) is 0 Å². The zero-order valence-corrected chi connectivity index (χ0v) is 10.7. The number of aryl methyl sites for hydroxylation is 1. The Morgan fingerprint density at radius 3 is 2.72 bits per heavy atom. The van der Waals surface area contributed by atoms with Crippen molar-refractivity contribution in [3.8, 4) is 0 Å². The molecule has 0 aliphatic rings. The SMILES string of the molecule is Cc1cnc(SCC(=O)c2ccccc2)[nH]c1=O. The molecule has 2 aromatic rings. The predicted molar refractivity (Wildman–Crippen MR) is 71.1 cm³/mol. The Balaban J connectivity index is 2.02. The molecule has 1 aromatic heterocycles. The Bertz CT molecular complexity index is 608. The zero-order chi connectivity index (χ0) is 13.0. The first kappa shape index (κ1) is 12.6. The molecule has 0 aliphatic carbocycles. The van der Waals surface area contributed by atoms with Crippen molar-refractivity contribution in [2.24, 2.45) is 0 Å². The van der Waals surface area contributed by atoms with Crippen LogP contribution in [0.3, 0.4) is 0 Å². The van der Waals surface area contributed by atoms with Gasteiger partial charge >= 0.3 is 0 Å². The minimum atomic E-state index is -0.167. The monoisotopic (exact) mass is 260 g/mol. The van der Waals surface area contributed by atoms with Gasteiger partial charge in [-0.2, -0.15) is 0 Å². The summed E-state index contributed by atoms with van der Waals surface area (Å²) in [5.74, 6) is 0.277. The maximum absolute atomic E-state index is 11.8. The second kappa shape index (κ2) is 5.64. The molecule has 18 heavy (non-hydrogen) atoms. The van der Waals surface area contributed by atoms with Crippen molar-refractivity contribution in [1.29, 1.82) is 0 Å². The summed E-state index contributed by atoms with van der Waals surface area (Å²) >= 11 is 1.23. The Kier molecular flexibility index (Phi) is 3.94. The number of nitrogens with zero attached hydrogens (tertiary/aromatic N) is 1. The molecular weight excluding hydrogens is 248 g/mol. The summed E-state index contributed by atoms with van der Waals surface area (Å²) in [7, 11) is 0. The number of nitrogens with one attached hydrogen (secondary N) is 1. The maximum Gasteiger partial charge on any atom is 0.254 e. The van der Waals surface area contributed by atoms with Crippen LogP contribution in [0.2, 0.25) is 0 Å². The molecule has 0 bridgehead atoms. The number of carbonyl (C=O) groups is 1. The van der Waals surface area contributed by atoms with Gasteiger partial charge in [-0.15, -0.1) is 0 Å². The number of hydrogen-bond acceptors (Lipinski definition) is 4. The van der Waals surface area contributed by atoms with Crippen molar-refractivity contribution in [2.75, 3.05) is 5.75 Å². The molecule has 1 aromatic carbocycles. The molecule has 1 N–H and O–H groups in total. The number of carbonyl (C=O) groups excluding carboxylic acids is 1. The smallest absolute Gasteiger partial charge is 0.254 e. The molecule has 0 aliphatic heterocycles. The highest BCUT2D eigenvalue weighted by atomic mass is 32.2. The second-order valence-corrected chi connectivity index (χ2v) is 4.74. The van der Waals surface area contributed by atoms with Crippen LogP contribution in [-0.4, -0.2) is 21.5 Å². The van der Waals surface area contributed by atoms with E-state index >= 15 is 0 Å². The van der Waals surface area contributed by atoms with Crippen molar-refractivity contribution in [3.63, 3.8) is 0 Å². The fraction of sp³-hybridized carbons (Fsp3) is 0.154. The average molecular weight is 260 g/mol. The third-order valence-corrected chi connectivity index (χ3v) is 3.28. The molecule has 0 amide bonds. The lowest BCUT2D eigenvalue weighted by Crippen LogP contribution is -2.12. The number of benzene rings is 1. The lowest BCUT2D eigenvalue weighted by molar-refractivity contribution is 0.102. The molecule has 2 rings (SSSR count). The van der Waals surface area contributed by atoms with Crippen LogP contribution in [0, 0.1) is 6.92 Å². The van der Waals surface area contributed by atoms with Crippen molar-refractivity contribution in [2.45, 2.75) is 12.1 Å². The highest BCUT2D eigenvalue weighted by molar-refractivity contribution is 7.99. The lowest BCUT2D eigenvalue weighted by Gasteiger charge is -2.01. The molecule has 0 fully saturated rings. The van der Waals surface area contributed by atoms with E-state index in [0.29, 0.717) is 16.3 Å². The number of aromatic amines is 1. The van der Waals surface area contributed by atoms with Gasteiger partial charge in [0.25, 0.3) is 5.56 Å². The summed E-state index contributed by atoms with van der Waals surface area (Å²) in [6.07, 6.45) is 1.51. The van der Waals surface area contributed by atoms with E-state index in [9.17, 15) is 9.59 Å². The van der Waals surface area contributed by atoms with E-state index < -0.39 is 0 Å². The molecule has 4 nitrogen and oxygen atoms in total. The summed E-state index contributed by atoms with van der Waals surface area (Å²) in [5, 5.41) is 0.467. The number of Topliss-reactive ketones (excluding diaryl/α,β-unsaturated/α-hetero) is 1. The van der Waals surface area contributed by atoms with Crippen molar-refractivity contribution < 1.29 is 4.79 Å². The topological polar surface area (TPSA) is 62.8 Å². The molecule has 92 valence electrons. The first-order valence-electron chi connectivity index (χ1n) is 5.44. The number of rotatable bonds is 4. The van der Waals surface area contributed by atoms with Gasteiger partial charge in [0.2, 0.25) is 0 Å². The van der Waals surface area contributed by atoms with Crippen molar-refractivity contribution in [3.05, 3.63) is 58.0 Å². The molecule has 0 atom stereocenters. The van der Waals surface area contributed by atoms with E-state index in [2.05, 4.69) is 9.97 Å². The summed E-state index contributed by atoms with van der Waals surface area (Å²) in [6.45, 7) is 1.69. The number of hydrogen-bond donors (Lipinski definition) is 1. The Labute approximate surface area is 108 Å². The summed E-state index contributed by atoms with van der Waals surface area (Å²) < 4.78 is 0. The normalized spacial score (nSPS) is 10.3. The number of ketones is 1. The largest absolute Gasteiger partial charge is 0.301 e. The first-order chi connectivity index (χ1) is 8.66. The Morgan fingerprint density at radius 1 is 1.33 bits per heavy atom. The number of H-pyrrole nitrogens is 1. The third-order valence-electron chi connectivity index (χ3n) is 2.39. The van der Waals surface area contributed by atoms with Gasteiger partial charge in [0, 0.05) is 17.3 Å². The van der Waals surface area contributed by atoms with Crippen molar-refractivity contribution >= 4 is 17.5 Å². The van der Waals surface area contributed by atoms with Crippen LogP contribution < -0.4 is 5.56 Å². The quantitative estimate of drug-likeness (QED) is 0.519. The number of aromatic nitrogens is 2. The number of thioether (sulfide) groups is 1. The van der Waals surface area contributed by atoms with Crippen molar-refractivity contribution in [1.82, 2.24) is 9.97 Å². The van der Waals surface area contributed by atoms with E-state index in [4.69, 9.17) is 0 Å². The second-order valence-electron chi connectivity index (χ2n) is 3.78. The predicted octanol–water partition coefficient (Wildman–Crippen LogP) is 2.05. The fourth-order valence-corrected chi connectivity index (χ4v) is 2.08. The van der Waals surface area contributed by atoms with Gasteiger partial charge in [-0.25, -0.2) is 4.98 Å². The molecule has 0 saturated carbocycles. The van der Waals surface area contributed by atoms with Crippen LogP contribution in [0.4, 0.5) is 0 Å². The fourth-order valence-electron chi connectivity index (χ4n) is 1.36. The van der Waals surface area contributed by atoms with Gasteiger partial charge in [0.05, 0.1) is 5.75 Å². The van der Waals surface area contributed by atoms with Crippen LogP contribution in [0.15, 0.2) is 46.5 Å². The van der Waals surface area contributed by atoms with Gasteiger partial charge in [-0.05, 0) is 6.92 Å². The van der Waals surface area contributed by atoms with Gasteiger partial charge in [-0.1, -0.05) is 42.1 Å². The average Bonchev–Trinajstić information content (AvgIpc) is 2.41. The van der Waals surface area contributed by atoms with Crippen LogP contribution in [-0.2, 0) is 0 Å². The highest BCUT2D eigenvalue weighted by Gasteiger charge is 2.07. The standard InChI is InChI=1S/C13H12N2O2S/c1-9-7-14-13(15-12(9)17)18-8-11(16)10-5-3-2-4-6-10/h2-7H,8H2,1H3,(H,14,15,17). The summed E-state index contributed by atoms with van der Waals surface area (Å²) in [5.41, 5.74) is 1.06. The minimum Gasteiger partial charge on any atom is -0.301 e. The minimum absolute atomic E-state index is 0.0174. The molecule has 5 heteroatoms. The highest BCUT2D eigenvalue weighted by Crippen LogP contribution is 2.13. The van der Waals surface area contributed by atoms with Gasteiger partial charge in [0.1, 0.15) is 0 Å². The Morgan fingerprint density at radius 2 is 2.06 bits per heavy atom. The van der Waals surface area contributed by atoms with Gasteiger partial charge < -0.3 is 4.98 Å². The molecule has 1 heterocycles. The van der Waals surface area contributed by atoms with E-state index in [1.54, 1.807) is 19.1 Å². The molecule has 0 spiro atoms. The van der Waals surface area contributed by atoms with E-state index in [-0.39, 0.29) is 17.1 Å².